The van der Waals surface area contributed by atoms with Crippen molar-refractivity contribution in [2.24, 2.45) is 0 Å². The van der Waals surface area contributed by atoms with Gasteiger partial charge in [-0.2, -0.15) is 0 Å². The zero-order valence-electron chi connectivity index (χ0n) is 7.66. The van der Waals surface area contributed by atoms with Crippen LogP contribution in [0.3, 0.4) is 0 Å². The molecule has 13 heavy (non-hydrogen) atoms. The third-order valence-corrected chi connectivity index (χ3v) is 1.84. The molecular formula is C9H15NO3. The molecule has 0 aliphatic rings. The van der Waals surface area contributed by atoms with Crippen molar-refractivity contribution >= 4 is 0 Å². The van der Waals surface area contributed by atoms with Crippen LogP contribution in [-0.4, -0.2) is 29.5 Å². The third-order valence-electron chi connectivity index (χ3n) is 1.84. The van der Waals surface area contributed by atoms with Gasteiger partial charge >= 0.3 is 0 Å². The van der Waals surface area contributed by atoms with Crippen LogP contribution in [0.4, 0.5) is 0 Å². The maximum atomic E-state index is 9.01. The molecular weight excluding hydrogens is 170 g/mol. The monoisotopic (exact) mass is 185 g/mol. The largest absolute Gasteiger partial charge is 0.468 e. The Morgan fingerprint density at radius 2 is 2.38 bits per heavy atom. The Morgan fingerprint density at radius 3 is 2.92 bits per heavy atom. The van der Waals surface area contributed by atoms with E-state index < -0.39 is 6.10 Å². The van der Waals surface area contributed by atoms with Gasteiger partial charge < -0.3 is 19.9 Å². The SMILES string of the molecule is Cc1ccoc1CNCC(O)CO. The molecule has 0 amide bonds. The molecule has 0 saturated heterocycles. The number of furan rings is 1. The minimum Gasteiger partial charge on any atom is -0.468 e. The minimum absolute atomic E-state index is 0.218. The number of rotatable bonds is 5. The molecule has 0 fully saturated rings. The summed E-state index contributed by atoms with van der Waals surface area (Å²) in [4.78, 5) is 0. The molecule has 1 heterocycles. The molecule has 1 rings (SSSR count). The summed E-state index contributed by atoms with van der Waals surface area (Å²) in [5.41, 5.74) is 1.09. The van der Waals surface area contributed by atoms with Crippen LogP contribution in [0.15, 0.2) is 16.7 Å². The number of aliphatic hydroxyl groups is 2. The molecule has 0 aliphatic carbocycles. The predicted molar refractivity (Wildman–Crippen MR) is 48.2 cm³/mol. The second-order valence-electron chi connectivity index (χ2n) is 2.99. The zero-order chi connectivity index (χ0) is 9.68. The van der Waals surface area contributed by atoms with E-state index in [-0.39, 0.29) is 6.61 Å². The molecule has 0 aliphatic heterocycles. The van der Waals surface area contributed by atoms with Gasteiger partial charge in [-0.15, -0.1) is 0 Å². The Labute approximate surface area is 77.2 Å². The van der Waals surface area contributed by atoms with Crippen molar-refractivity contribution in [1.29, 1.82) is 0 Å². The molecule has 74 valence electrons. The molecule has 1 aromatic heterocycles. The Hall–Kier alpha value is -0.840. The molecule has 1 atom stereocenters. The van der Waals surface area contributed by atoms with Gasteiger partial charge in [-0.3, -0.25) is 0 Å². The van der Waals surface area contributed by atoms with Crippen LogP contribution in [0.5, 0.6) is 0 Å². The van der Waals surface area contributed by atoms with E-state index in [2.05, 4.69) is 5.32 Å². The van der Waals surface area contributed by atoms with Crippen LogP contribution in [0, 0.1) is 6.92 Å². The summed E-state index contributed by atoms with van der Waals surface area (Å²) in [6.45, 7) is 2.69. The van der Waals surface area contributed by atoms with Crippen LogP contribution in [0.25, 0.3) is 0 Å². The highest BCUT2D eigenvalue weighted by atomic mass is 16.3. The van der Waals surface area contributed by atoms with Gasteiger partial charge in [0.15, 0.2) is 0 Å². The van der Waals surface area contributed by atoms with E-state index in [0.717, 1.165) is 11.3 Å². The predicted octanol–water partition coefficient (Wildman–Crippen LogP) is 0.0308. The first-order valence-electron chi connectivity index (χ1n) is 4.26. The highest BCUT2D eigenvalue weighted by molar-refractivity contribution is 5.13. The molecule has 0 spiro atoms. The fourth-order valence-electron chi connectivity index (χ4n) is 1.00. The Balaban J connectivity index is 2.24. The molecule has 0 aromatic carbocycles. The molecule has 3 N–H and O–H groups in total. The standard InChI is InChI=1S/C9H15NO3/c1-7-2-3-13-9(7)5-10-4-8(12)6-11/h2-3,8,10-12H,4-6H2,1H3. The van der Waals surface area contributed by atoms with E-state index >= 15 is 0 Å². The maximum Gasteiger partial charge on any atom is 0.120 e. The van der Waals surface area contributed by atoms with E-state index in [1.807, 2.05) is 13.0 Å². The summed E-state index contributed by atoms with van der Waals surface area (Å²) in [5.74, 6) is 0.866. The quantitative estimate of drug-likeness (QED) is 0.605. The van der Waals surface area contributed by atoms with Crippen molar-refractivity contribution in [2.75, 3.05) is 13.2 Å². The summed E-state index contributed by atoms with van der Waals surface area (Å²) in [6, 6.07) is 1.89. The average Bonchev–Trinajstić information content (AvgIpc) is 2.52. The third kappa shape index (κ3) is 3.18. The van der Waals surface area contributed by atoms with Crippen LogP contribution in [0.1, 0.15) is 11.3 Å². The van der Waals surface area contributed by atoms with Gasteiger partial charge in [0.1, 0.15) is 5.76 Å². The van der Waals surface area contributed by atoms with Crippen molar-refractivity contribution < 1.29 is 14.6 Å². The minimum atomic E-state index is -0.699. The Kier molecular flexibility index (Phi) is 3.95. The Morgan fingerprint density at radius 1 is 1.62 bits per heavy atom. The first kappa shape index (κ1) is 10.2. The van der Waals surface area contributed by atoms with Crippen LogP contribution in [-0.2, 0) is 6.54 Å². The summed E-state index contributed by atoms with van der Waals surface area (Å²) in [6.07, 6.45) is 0.935. The number of aryl methyl sites for hydroxylation is 1. The first-order valence-corrected chi connectivity index (χ1v) is 4.26. The van der Waals surface area contributed by atoms with E-state index in [1.165, 1.54) is 0 Å². The lowest BCUT2D eigenvalue weighted by Crippen LogP contribution is -2.28. The lowest BCUT2D eigenvalue weighted by atomic mass is 10.3. The number of aliphatic hydroxyl groups excluding tert-OH is 2. The van der Waals surface area contributed by atoms with Gasteiger partial charge in [-0.05, 0) is 18.6 Å². The number of nitrogens with one attached hydrogen (secondary N) is 1. The van der Waals surface area contributed by atoms with Gasteiger partial charge in [-0.25, -0.2) is 0 Å². The molecule has 4 heteroatoms. The normalized spacial score (nSPS) is 13.2. The van der Waals surface area contributed by atoms with Crippen LogP contribution < -0.4 is 5.32 Å². The van der Waals surface area contributed by atoms with Crippen molar-refractivity contribution in [3.8, 4) is 0 Å². The molecule has 4 nitrogen and oxygen atoms in total. The molecule has 0 radical (unpaired) electrons. The van der Waals surface area contributed by atoms with Gasteiger partial charge in [0.25, 0.3) is 0 Å². The van der Waals surface area contributed by atoms with Crippen LogP contribution in [0.2, 0.25) is 0 Å². The average molecular weight is 185 g/mol. The van der Waals surface area contributed by atoms with Crippen molar-refractivity contribution in [1.82, 2.24) is 5.32 Å². The van der Waals surface area contributed by atoms with E-state index in [1.54, 1.807) is 6.26 Å². The highest BCUT2D eigenvalue weighted by Gasteiger charge is 2.03. The van der Waals surface area contributed by atoms with Crippen molar-refractivity contribution in [3.05, 3.63) is 23.7 Å². The fourth-order valence-corrected chi connectivity index (χ4v) is 1.00. The lowest BCUT2D eigenvalue weighted by molar-refractivity contribution is 0.0938. The van der Waals surface area contributed by atoms with Gasteiger partial charge in [0.05, 0.1) is 25.5 Å². The molecule has 0 bridgehead atoms. The summed E-state index contributed by atoms with van der Waals surface area (Å²) in [5, 5.41) is 20.5. The Bertz CT molecular complexity index is 247. The maximum absolute atomic E-state index is 9.01. The second-order valence-corrected chi connectivity index (χ2v) is 2.99. The summed E-state index contributed by atoms with van der Waals surface area (Å²) in [7, 11) is 0. The number of hydrogen-bond acceptors (Lipinski definition) is 4. The van der Waals surface area contributed by atoms with Crippen LogP contribution >= 0.6 is 0 Å². The van der Waals surface area contributed by atoms with Crippen molar-refractivity contribution in [3.63, 3.8) is 0 Å². The first-order chi connectivity index (χ1) is 6.24. The van der Waals surface area contributed by atoms with Crippen molar-refractivity contribution in [2.45, 2.75) is 19.6 Å². The summed E-state index contributed by atoms with van der Waals surface area (Å²) >= 11 is 0. The topological polar surface area (TPSA) is 65.6 Å². The highest BCUT2D eigenvalue weighted by Crippen LogP contribution is 2.07. The summed E-state index contributed by atoms with van der Waals surface area (Å²) < 4.78 is 5.17. The number of hydrogen-bond donors (Lipinski definition) is 3. The second kappa shape index (κ2) is 5.01. The van der Waals surface area contributed by atoms with Gasteiger partial charge in [0, 0.05) is 6.54 Å². The fraction of sp³-hybridized carbons (Fsp3) is 0.556. The van der Waals surface area contributed by atoms with Gasteiger partial charge in [-0.1, -0.05) is 0 Å². The van der Waals surface area contributed by atoms with Gasteiger partial charge in [0.2, 0.25) is 0 Å². The molecule has 1 unspecified atom stereocenters. The smallest absolute Gasteiger partial charge is 0.120 e. The zero-order valence-corrected chi connectivity index (χ0v) is 7.66. The lowest BCUT2D eigenvalue weighted by Gasteiger charge is -2.07. The van der Waals surface area contributed by atoms with E-state index in [9.17, 15) is 0 Å². The molecule has 1 aromatic rings. The van der Waals surface area contributed by atoms with E-state index in [4.69, 9.17) is 14.6 Å². The van der Waals surface area contributed by atoms with E-state index in [0.29, 0.717) is 13.1 Å². The molecule has 0 saturated carbocycles.